The molecular weight excluding hydrogens is 382 g/mol. The van der Waals surface area contributed by atoms with Crippen molar-refractivity contribution in [2.75, 3.05) is 11.4 Å². The molecule has 0 unspecified atom stereocenters. The molecule has 2 rings (SSSR count). The Morgan fingerprint density at radius 3 is 2.40 bits per heavy atom. The highest BCUT2D eigenvalue weighted by molar-refractivity contribution is 9.11. The summed E-state index contributed by atoms with van der Waals surface area (Å²) in [6.45, 7) is 3.87. The average molecular weight is 395 g/mol. The zero-order chi connectivity index (χ0) is 15.1. The van der Waals surface area contributed by atoms with E-state index in [1.54, 1.807) is 7.05 Å². The summed E-state index contributed by atoms with van der Waals surface area (Å²) in [5, 5.41) is 0.405. The first-order valence-corrected chi connectivity index (χ1v) is 9.17. The monoisotopic (exact) mass is 393 g/mol. The van der Waals surface area contributed by atoms with Gasteiger partial charge in [0.25, 0.3) is 10.0 Å². The van der Waals surface area contributed by atoms with E-state index >= 15 is 0 Å². The van der Waals surface area contributed by atoms with E-state index in [0.29, 0.717) is 14.5 Å². The van der Waals surface area contributed by atoms with Crippen LogP contribution in [0.3, 0.4) is 0 Å². The average Bonchev–Trinajstić information content (AvgIpc) is 2.69. The molecule has 3 nitrogen and oxygen atoms in total. The van der Waals surface area contributed by atoms with E-state index in [4.69, 9.17) is 11.6 Å². The zero-order valence-corrected chi connectivity index (χ0v) is 15.1. The van der Waals surface area contributed by atoms with Crippen LogP contribution in [0.4, 0.5) is 5.69 Å². The lowest BCUT2D eigenvalue weighted by atomic mass is 10.1. The molecule has 0 N–H and O–H groups in total. The number of aryl methyl sites for hydroxylation is 2. The quantitative estimate of drug-likeness (QED) is 0.762. The fraction of sp³-hybridized carbons (Fsp3) is 0.231. The highest BCUT2D eigenvalue weighted by Crippen LogP contribution is 2.37. The number of benzene rings is 1. The molecule has 0 amide bonds. The van der Waals surface area contributed by atoms with Crippen molar-refractivity contribution in [3.63, 3.8) is 0 Å². The van der Waals surface area contributed by atoms with Gasteiger partial charge in [-0.05, 0) is 47.5 Å². The molecule has 0 spiro atoms. The van der Waals surface area contributed by atoms with Crippen molar-refractivity contribution >= 4 is 54.6 Å². The van der Waals surface area contributed by atoms with Crippen LogP contribution in [0.2, 0.25) is 5.02 Å². The molecule has 0 bridgehead atoms. The second-order valence-corrected chi connectivity index (χ2v) is 9.42. The lowest BCUT2D eigenvalue weighted by molar-refractivity contribution is 0.596. The van der Waals surface area contributed by atoms with Gasteiger partial charge in [-0.2, -0.15) is 0 Å². The minimum absolute atomic E-state index is 0.219. The molecule has 0 aliphatic rings. The summed E-state index contributed by atoms with van der Waals surface area (Å²) in [6, 6.07) is 7.13. The molecule has 1 heterocycles. The number of halogens is 2. The van der Waals surface area contributed by atoms with Crippen LogP contribution in [0, 0.1) is 13.8 Å². The molecule has 108 valence electrons. The van der Waals surface area contributed by atoms with Crippen molar-refractivity contribution in [3.8, 4) is 0 Å². The minimum atomic E-state index is -3.59. The topological polar surface area (TPSA) is 37.4 Å². The van der Waals surface area contributed by atoms with E-state index in [2.05, 4.69) is 15.9 Å². The summed E-state index contributed by atoms with van der Waals surface area (Å²) in [5.41, 5.74) is 2.67. The Morgan fingerprint density at radius 2 is 1.90 bits per heavy atom. The summed E-state index contributed by atoms with van der Waals surface area (Å²) < 4.78 is 27.3. The number of anilines is 1. The normalized spacial score (nSPS) is 11.7. The molecule has 0 atom stereocenters. The fourth-order valence-corrected chi connectivity index (χ4v) is 5.71. The predicted octanol–water partition coefficient (Wildman–Crippen LogP) is 4.61. The number of nitrogens with zero attached hydrogens (tertiary/aromatic N) is 1. The number of rotatable bonds is 3. The van der Waals surface area contributed by atoms with Gasteiger partial charge in [-0.3, -0.25) is 4.31 Å². The van der Waals surface area contributed by atoms with Crippen LogP contribution in [0.1, 0.15) is 11.1 Å². The van der Waals surface area contributed by atoms with Crippen molar-refractivity contribution in [1.82, 2.24) is 0 Å². The molecular formula is C13H13BrClNO2S2. The first-order chi connectivity index (χ1) is 9.23. The van der Waals surface area contributed by atoms with E-state index in [9.17, 15) is 8.42 Å². The Balaban J connectivity index is 2.48. The maximum atomic E-state index is 12.6. The maximum Gasteiger partial charge on any atom is 0.273 e. The van der Waals surface area contributed by atoms with Gasteiger partial charge in [0.2, 0.25) is 0 Å². The molecule has 7 heteroatoms. The van der Waals surface area contributed by atoms with Crippen LogP contribution in [-0.2, 0) is 10.0 Å². The molecule has 0 aliphatic carbocycles. The third-order valence-corrected chi connectivity index (χ3v) is 7.62. The Labute approximate surface area is 136 Å². The summed E-state index contributed by atoms with van der Waals surface area (Å²) in [5.74, 6) is 0. The zero-order valence-electron chi connectivity index (χ0n) is 11.1. The third-order valence-electron chi connectivity index (χ3n) is 2.93. The predicted molar refractivity (Wildman–Crippen MR) is 88.5 cm³/mol. The first kappa shape index (κ1) is 15.8. The van der Waals surface area contributed by atoms with Crippen LogP contribution >= 0.6 is 38.9 Å². The Kier molecular flexibility index (Phi) is 4.49. The van der Waals surface area contributed by atoms with E-state index in [-0.39, 0.29) is 4.21 Å². The summed E-state index contributed by atoms with van der Waals surface area (Å²) in [7, 11) is -2.04. The Morgan fingerprint density at radius 1 is 1.25 bits per heavy atom. The number of thiophene rings is 1. The van der Waals surface area contributed by atoms with Gasteiger partial charge in [-0.15, -0.1) is 11.3 Å². The van der Waals surface area contributed by atoms with E-state index < -0.39 is 10.0 Å². The summed E-state index contributed by atoms with van der Waals surface area (Å²) >= 11 is 10.3. The Bertz CT molecular complexity index is 736. The van der Waals surface area contributed by atoms with Gasteiger partial charge >= 0.3 is 0 Å². The number of hydrogen-bond donors (Lipinski definition) is 0. The molecule has 0 fully saturated rings. The molecule has 2 aromatic rings. The van der Waals surface area contributed by atoms with Gasteiger partial charge in [-0.25, -0.2) is 8.42 Å². The van der Waals surface area contributed by atoms with Crippen molar-refractivity contribution in [2.24, 2.45) is 0 Å². The minimum Gasteiger partial charge on any atom is -0.268 e. The first-order valence-electron chi connectivity index (χ1n) is 5.74. The highest BCUT2D eigenvalue weighted by atomic mass is 79.9. The van der Waals surface area contributed by atoms with Gasteiger partial charge in [0.05, 0.1) is 14.5 Å². The maximum absolute atomic E-state index is 12.6. The van der Waals surface area contributed by atoms with Crippen LogP contribution in [0.5, 0.6) is 0 Å². The second-order valence-electron chi connectivity index (χ2n) is 4.45. The van der Waals surface area contributed by atoms with Gasteiger partial charge < -0.3 is 0 Å². The molecule has 0 saturated heterocycles. The summed E-state index contributed by atoms with van der Waals surface area (Å²) in [4.78, 5) is 0. The van der Waals surface area contributed by atoms with Crippen molar-refractivity contribution in [1.29, 1.82) is 0 Å². The fourth-order valence-electron chi connectivity index (χ4n) is 1.88. The Hall–Kier alpha value is -0.560. The highest BCUT2D eigenvalue weighted by Gasteiger charge is 2.25. The molecule has 20 heavy (non-hydrogen) atoms. The lowest BCUT2D eigenvalue weighted by Crippen LogP contribution is -2.26. The van der Waals surface area contributed by atoms with E-state index in [0.717, 1.165) is 22.5 Å². The molecule has 0 aliphatic heterocycles. The summed E-state index contributed by atoms with van der Waals surface area (Å²) in [6.07, 6.45) is 0. The van der Waals surface area contributed by atoms with Gasteiger partial charge in [0, 0.05) is 7.05 Å². The number of hydrogen-bond acceptors (Lipinski definition) is 3. The van der Waals surface area contributed by atoms with E-state index in [1.165, 1.54) is 10.4 Å². The van der Waals surface area contributed by atoms with Crippen LogP contribution < -0.4 is 4.31 Å². The second kappa shape index (κ2) is 5.67. The van der Waals surface area contributed by atoms with Crippen molar-refractivity contribution in [3.05, 3.63) is 44.2 Å². The van der Waals surface area contributed by atoms with Crippen molar-refractivity contribution < 1.29 is 8.42 Å². The van der Waals surface area contributed by atoms with E-state index in [1.807, 2.05) is 32.0 Å². The SMILES string of the molecule is Cc1ccc(N(C)S(=O)(=O)c2cc(Cl)c(Br)s2)c(C)c1. The van der Waals surface area contributed by atoms with Crippen LogP contribution in [0.25, 0.3) is 0 Å². The van der Waals surface area contributed by atoms with Gasteiger partial charge in [0.1, 0.15) is 4.21 Å². The van der Waals surface area contributed by atoms with Gasteiger partial charge in [-0.1, -0.05) is 29.3 Å². The number of sulfonamides is 1. The van der Waals surface area contributed by atoms with Gasteiger partial charge in [0.15, 0.2) is 0 Å². The molecule has 0 saturated carbocycles. The molecule has 1 aromatic heterocycles. The standard InChI is InChI=1S/C13H13BrClNO2S2/c1-8-4-5-11(9(2)6-8)16(3)20(17,18)12-7-10(15)13(14)19-12/h4-7H,1-3H3. The van der Waals surface area contributed by atoms with Crippen LogP contribution in [-0.4, -0.2) is 15.5 Å². The smallest absolute Gasteiger partial charge is 0.268 e. The third kappa shape index (κ3) is 2.88. The van der Waals surface area contributed by atoms with Crippen molar-refractivity contribution in [2.45, 2.75) is 18.1 Å². The van der Waals surface area contributed by atoms with Crippen LogP contribution in [0.15, 0.2) is 32.3 Å². The molecule has 0 radical (unpaired) electrons. The largest absolute Gasteiger partial charge is 0.273 e. The lowest BCUT2D eigenvalue weighted by Gasteiger charge is -2.20. The molecule has 1 aromatic carbocycles.